The SMILES string of the molecule is CCNC(=O)c1sc(NCC2(C)CC2)c(C(N)=O)c1N. The zero-order valence-corrected chi connectivity index (χ0v) is 12.5. The van der Waals surface area contributed by atoms with E-state index in [0.29, 0.717) is 16.4 Å². The summed E-state index contributed by atoms with van der Waals surface area (Å²) in [6, 6.07) is 0. The number of rotatable bonds is 6. The monoisotopic (exact) mass is 296 g/mol. The molecule has 1 heterocycles. The van der Waals surface area contributed by atoms with Crippen molar-refractivity contribution in [3.63, 3.8) is 0 Å². The quantitative estimate of drug-likeness (QED) is 0.635. The molecular formula is C13H20N4O2S. The first-order valence-corrected chi connectivity index (χ1v) is 7.44. The molecule has 1 aliphatic carbocycles. The van der Waals surface area contributed by atoms with Crippen LogP contribution in [0.1, 0.15) is 46.7 Å². The Morgan fingerprint density at radius 1 is 1.40 bits per heavy atom. The number of carbonyl (C=O) groups is 2. The molecule has 0 saturated heterocycles. The van der Waals surface area contributed by atoms with Gasteiger partial charge in [-0.3, -0.25) is 9.59 Å². The van der Waals surface area contributed by atoms with Gasteiger partial charge in [0.05, 0.1) is 11.3 Å². The van der Waals surface area contributed by atoms with E-state index in [2.05, 4.69) is 17.6 Å². The van der Waals surface area contributed by atoms with Gasteiger partial charge in [0.25, 0.3) is 11.8 Å². The Kier molecular flexibility index (Phi) is 3.89. The molecule has 1 fully saturated rings. The zero-order chi connectivity index (χ0) is 14.9. The minimum atomic E-state index is -0.613. The van der Waals surface area contributed by atoms with Crippen molar-refractivity contribution >= 4 is 33.8 Å². The highest BCUT2D eigenvalue weighted by Crippen LogP contribution is 2.45. The minimum Gasteiger partial charge on any atom is -0.397 e. The summed E-state index contributed by atoms with van der Waals surface area (Å²) in [7, 11) is 0. The molecule has 0 bridgehead atoms. The lowest BCUT2D eigenvalue weighted by molar-refractivity contribution is 0.0960. The summed E-state index contributed by atoms with van der Waals surface area (Å²) < 4.78 is 0. The van der Waals surface area contributed by atoms with Crippen LogP contribution in [0.4, 0.5) is 10.7 Å². The molecular weight excluding hydrogens is 276 g/mol. The number of nitrogens with two attached hydrogens (primary N) is 2. The van der Waals surface area contributed by atoms with E-state index in [4.69, 9.17) is 11.5 Å². The summed E-state index contributed by atoms with van der Waals surface area (Å²) in [5, 5.41) is 6.48. The second kappa shape index (κ2) is 5.32. The van der Waals surface area contributed by atoms with Crippen LogP contribution in [-0.2, 0) is 0 Å². The van der Waals surface area contributed by atoms with Crippen molar-refractivity contribution in [1.82, 2.24) is 5.32 Å². The van der Waals surface area contributed by atoms with E-state index in [1.807, 2.05) is 6.92 Å². The first-order valence-electron chi connectivity index (χ1n) is 6.62. The van der Waals surface area contributed by atoms with Crippen molar-refractivity contribution in [2.24, 2.45) is 11.1 Å². The standard InChI is InChI=1S/C13H20N4O2S/c1-3-16-11(19)9-8(14)7(10(15)18)12(20-9)17-6-13(2)4-5-13/h17H,3-6,14H2,1-2H3,(H2,15,18)(H,16,19). The summed E-state index contributed by atoms with van der Waals surface area (Å²) in [5.74, 6) is -0.888. The fourth-order valence-electron chi connectivity index (χ4n) is 1.91. The molecule has 0 atom stereocenters. The van der Waals surface area contributed by atoms with E-state index < -0.39 is 5.91 Å². The van der Waals surface area contributed by atoms with Gasteiger partial charge in [-0.15, -0.1) is 11.3 Å². The summed E-state index contributed by atoms with van der Waals surface area (Å²) >= 11 is 1.18. The number of nitrogen functional groups attached to an aromatic ring is 1. The summed E-state index contributed by atoms with van der Waals surface area (Å²) in [5.41, 5.74) is 11.9. The summed E-state index contributed by atoms with van der Waals surface area (Å²) in [6.07, 6.45) is 2.33. The zero-order valence-electron chi connectivity index (χ0n) is 11.7. The number of anilines is 2. The van der Waals surface area contributed by atoms with Crippen LogP contribution in [0.3, 0.4) is 0 Å². The van der Waals surface area contributed by atoms with Crippen molar-refractivity contribution in [3.8, 4) is 0 Å². The third-order valence-corrected chi connectivity index (χ3v) is 4.68. The van der Waals surface area contributed by atoms with Crippen LogP contribution in [-0.4, -0.2) is 24.9 Å². The molecule has 1 aromatic heterocycles. The second-order valence-electron chi connectivity index (χ2n) is 5.44. The molecule has 0 unspecified atom stereocenters. The van der Waals surface area contributed by atoms with Crippen LogP contribution < -0.4 is 22.1 Å². The molecule has 6 N–H and O–H groups in total. The van der Waals surface area contributed by atoms with Crippen LogP contribution in [0.2, 0.25) is 0 Å². The van der Waals surface area contributed by atoms with E-state index in [-0.39, 0.29) is 22.6 Å². The van der Waals surface area contributed by atoms with Gasteiger partial charge < -0.3 is 22.1 Å². The highest BCUT2D eigenvalue weighted by atomic mass is 32.1. The first kappa shape index (κ1) is 14.6. The maximum atomic E-state index is 11.9. The molecule has 2 amide bonds. The second-order valence-corrected chi connectivity index (χ2v) is 6.46. The van der Waals surface area contributed by atoms with Gasteiger partial charge in [0, 0.05) is 13.1 Å². The molecule has 0 aromatic carbocycles. The van der Waals surface area contributed by atoms with E-state index in [1.165, 1.54) is 11.3 Å². The third-order valence-electron chi connectivity index (χ3n) is 3.51. The topological polar surface area (TPSA) is 110 Å². The number of primary amides is 1. The van der Waals surface area contributed by atoms with Crippen molar-refractivity contribution in [2.45, 2.75) is 26.7 Å². The molecule has 2 rings (SSSR count). The van der Waals surface area contributed by atoms with Gasteiger partial charge in [-0.2, -0.15) is 0 Å². The highest BCUT2D eigenvalue weighted by Gasteiger charge is 2.37. The smallest absolute Gasteiger partial charge is 0.263 e. The Morgan fingerprint density at radius 2 is 2.05 bits per heavy atom. The maximum Gasteiger partial charge on any atom is 0.263 e. The van der Waals surface area contributed by atoms with Gasteiger partial charge >= 0.3 is 0 Å². The first-order chi connectivity index (χ1) is 9.38. The van der Waals surface area contributed by atoms with Gasteiger partial charge in [-0.25, -0.2) is 0 Å². The Balaban J connectivity index is 2.27. The molecule has 20 heavy (non-hydrogen) atoms. The van der Waals surface area contributed by atoms with E-state index in [0.717, 1.165) is 19.4 Å². The van der Waals surface area contributed by atoms with Gasteiger partial charge in [-0.1, -0.05) is 6.92 Å². The number of nitrogens with one attached hydrogen (secondary N) is 2. The lowest BCUT2D eigenvalue weighted by atomic mass is 10.1. The molecule has 6 nitrogen and oxygen atoms in total. The third kappa shape index (κ3) is 2.87. The Hall–Kier alpha value is -1.76. The van der Waals surface area contributed by atoms with Crippen molar-refractivity contribution in [2.75, 3.05) is 24.1 Å². The molecule has 0 spiro atoms. The number of hydrogen-bond acceptors (Lipinski definition) is 5. The van der Waals surface area contributed by atoms with Gasteiger partial charge in [0.1, 0.15) is 9.88 Å². The Morgan fingerprint density at radius 3 is 2.55 bits per heavy atom. The average Bonchev–Trinajstić information content (AvgIpc) is 3.00. The molecule has 0 aliphatic heterocycles. The lowest BCUT2D eigenvalue weighted by Crippen LogP contribution is -2.23. The fraction of sp³-hybridized carbons (Fsp3) is 0.538. The van der Waals surface area contributed by atoms with Crippen LogP contribution in [0.15, 0.2) is 0 Å². The number of carbonyl (C=O) groups excluding carboxylic acids is 2. The number of thiophene rings is 1. The van der Waals surface area contributed by atoms with Gasteiger partial charge in [-0.05, 0) is 25.2 Å². The predicted molar refractivity (Wildman–Crippen MR) is 81.1 cm³/mol. The average molecular weight is 296 g/mol. The van der Waals surface area contributed by atoms with E-state index >= 15 is 0 Å². The number of amides is 2. The Labute approximate surface area is 121 Å². The van der Waals surface area contributed by atoms with Gasteiger partial charge in [0.15, 0.2) is 0 Å². The number of hydrogen-bond donors (Lipinski definition) is 4. The van der Waals surface area contributed by atoms with Crippen molar-refractivity contribution in [3.05, 3.63) is 10.4 Å². The van der Waals surface area contributed by atoms with Crippen LogP contribution in [0, 0.1) is 5.41 Å². The molecule has 1 saturated carbocycles. The van der Waals surface area contributed by atoms with Crippen LogP contribution in [0.25, 0.3) is 0 Å². The van der Waals surface area contributed by atoms with E-state index in [9.17, 15) is 9.59 Å². The normalized spacial score (nSPS) is 15.7. The largest absolute Gasteiger partial charge is 0.397 e. The predicted octanol–water partition coefficient (Wildman–Crippen LogP) is 1.39. The Bertz CT molecular complexity index is 549. The van der Waals surface area contributed by atoms with Crippen molar-refractivity contribution in [1.29, 1.82) is 0 Å². The highest BCUT2D eigenvalue weighted by molar-refractivity contribution is 7.19. The van der Waals surface area contributed by atoms with Crippen LogP contribution in [0.5, 0.6) is 0 Å². The summed E-state index contributed by atoms with van der Waals surface area (Å²) in [4.78, 5) is 23.8. The van der Waals surface area contributed by atoms with Gasteiger partial charge in [0.2, 0.25) is 0 Å². The minimum absolute atomic E-state index is 0.164. The van der Waals surface area contributed by atoms with Crippen LogP contribution >= 0.6 is 11.3 Å². The molecule has 1 aromatic rings. The molecule has 7 heteroatoms. The fourth-order valence-corrected chi connectivity index (χ4v) is 2.94. The lowest BCUT2D eigenvalue weighted by Gasteiger charge is -2.10. The summed E-state index contributed by atoms with van der Waals surface area (Å²) in [6.45, 7) is 5.25. The van der Waals surface area contributed by atoms with E-state index in [1.54, 1.807) is 0 Å². The molecule has 110 valence electrons. The maximum absolute atomic E-state index is 11.9. The molecule has 0 radical (unpaired) electrons. The molecule has 1 aliphatic rings. The van der Waals surface area contributed by atoms with Crippen molar-refractivity contribution < 1.29 is 9.59 Å².